The number of benzene rings is 1. The molecule has 0 N–H and O–H groups in total. The number of nitro groups is 1. The summed E-state index contributed by atoms with van der Waals surface area (Å²) in [6.45, 7) is 1.57. The fraction of sp³-hybridized carbons (Fsp3) is 0.467. The van der Waals surface area contributed by atoms with Gasteiger partial charge in [-0.05, 0) is 13.0 Å². The molecule has 1 aromatic rings. The zero-order valence-corrected chi connectivity index (χ0v) is 13.0. The number of nitrogens with zero attached hydrogens (tertiary/aromatic N) is 1. The first kappa shape index (κ1) is 16.7. The van der Waals surface area contributed by atoms with Gasteiger partial charge in [-0.3, -0.25) is 19.7 Å². The Kier molecular flexibility index (Phi) is 4.83. The predicted molar refractivity (Wildman–Crippen MR) is 77.7 cm³/mol. The van der Waals surface area contributed by atoms with Gasteiger partial charge in [0.2, 0.25) is 0 Å². The van der Waals surface area contributed by atoms with Gasteiger partial charge >= 0.3 is 11.9 Å². The molecule has 0 aliphatic carbocycles. The van der Waals surface area contributed by atoms with Crippen LogP contribution >= 0.6 is 0 Å². The van der Waals surface area contributed by atoms with Crippen molar-refractivity contribution in [2.24, 2.45) is 5.92 Å². The van der Waals surface area contributed by atoms with Gasteiger partial charge in [-0.25, -0.2) is 0 Å². The molecule has 1 aromatic carbocycles. The third-order valence-electron chi connectivity index (χ3n) is 3.89. The molecule has 0 saturated heterocycles. The first-order chi connectivity index (χ1) is 10.9. The number of rotatable bonds is 4. The minimum Gasteiger partial charge on any atom is -0.486 e. The minimum absolute atomic E-state index is 0.238. The van der Waals surface area contributed by atoms with Crippen molar-refractivity contribution in [3.63, 3.8) is 0 Å². The molecule has 23 heavy (non-hydrogen) atoms. The highest BCUT2D eigenvalue weighted by atomic mass is 16.6. The van der Waals surface area contributed by atoms with E-state index < -0.39 is 34.7 Å². The normalized spacial score (nSPS) is 19.5. The Balaban J connectivity index is 2.61. The van der Waals surface area contributed by atoms with E-state index in [0.717, 1.165) is 19.8 Å². The summed E-state index contributed by atoms with van der Waals surface area (Å²) in [4.78, 5) is 35.0. The van der Waals surface area contributed by atoms with Crippen molar-refractivity contribution in [1.29, 1.82) is 0 Å². The van der Waals surface area contributed by atoms with Gasteiger partial charge in [-0.15, -0.1) is 0 Å². The molecule has 0 aromatic heterocycles. The number of hydrogen-bond donors (Lipinski definition) is 0. The van der Waals surface area contributed by atoms with E-state index in [9.17, 15) is 19.7 Å². The number of methoxy groups -OCH3 is 2. The third-order valence-corrected chi connectivity index (χ3v) is 3.89. The largest absolute Gasteiger partial charge is 0.486 e. The Bertz CT molecular complexity index is 627. The van der Waals surface area contributed by atoms with Crippen LogP contribution in [0.3, 0.4) is 0 Å². The van der Waals surface area contributed by atoms with E-state index in [0.29, 0.717) is 11.3 Å². The zero-order chi connectivity index (χ0) is 17.1. The van der Waals surface area contributed by atoms with Crippen molar-refractivity contribution in [2.75, 3.05) is 20.8 Å². The highest BCUT2D eigenvalue weighted by molar-refractivity contribution is 5.96. The summed E-state index contributed by atoms with van der Waals surface area (Å²) in [5, 5.41) is 11.4. The van der Waals surface area contributed by atoms with Gasteiger partial charge in [0.05, 0.1) is 20.1 Å². The number of esters is 2. The van der Waals surface area contributed by atoms with E-state index >= 15 is 0 Å². The molecule has 0 spiro atoms. The van der Waals surface area contributed by atoms with Crippen molar-refractivity contribution in [3.8, 4) is 5.75 Å². The quantitative estimate of drug-likeness (QED) is 0.353. The second-order valence-corrected chi connectivity index (χ2v) is 5.25. The number of fused-ring (bicyclic) bond motifs is 1. The Morgan fingerprint density at radius 3 is 2.43 bits per heavy atom. The van der Waals surface area contributed by atoms with Gasteiger partial charge in [-0.2, -0.15) is 0 Å². The molecular formula is C15H17NO7. The Morgan fingerprint density at radius 2 is 1.91 bits per heavy atom. The molecule has 8 heteroatoms. The highest BCUT2D eigenvalue weighted by Crippen LogP contribution is 2.41. The van der Waals surface area contributed by atoms with Crippen molar-refractivity contribution >= 4 is 11.9 Å². The fourth-order valence-electron chi connectivity index (χ4n) is 2.78. The number of carbonyl (C=O) groups is 2. The average Bonchev–Trinajstić information content (AvgIpc) is 2.54. The number of aryl methyl sites for hydroxylation is 1. The van der Waals surface area contributed by atoms with Crippen LogP contribution in [0.2, 0.25) is 0 Å². The van der Waals surface area contributed by atoms with Gasteiger partial charge in [-0.1, -0.05) is 17.7 Å². The second kappa shape index (κ2) is 6.64. The van der Waals surface area contributed by atoms with Gasteiger partial charge in [0.1, 0.15) is 5.75 Å². The van der Waals surface area contributed by atoms with E-state index in [1.54, 1.807) is 25.1 Å². The molecule has 8 nitrogen and oxygen atoms in total. The maximum Gasteiger partial charge on any atom is 0.320 e. The summed E-state index contributed by atoms with van der Waals surface area (Å²) in [5.41, 5.74) is 1.26. The maximum absolute atomic E-state index is 12.1. The molecule has 0 radical (unpaired) electrons. The van der Waals surface area contributed by atoms with E-state index in [1.807, 2.05) is 0 Å². The zero-order valence-electron chi connectivity index (χ0n) is 13.0. The fourth-order valence-corrected chi connectivity index (χ4v) is 2.78. The Hall–Kier alpha value is -2.64. The SMILES string of the molecule is COC(=O)C(C(=O)OC)C1c2cc(C)ccc2OCC1[N+](=O)[O-]. The topological polar surface area (TPSA) is 105 Å². The van der Waals surface area contributed by atoms with Crippen LogP contribution in [0.5, 0.6) is 5.75 Å². The van der Waals surface area contributed by atoms with E-state index in [4.69, 9.17) is 4.74 Å². The lowest BCUT2D eigenvalue weighted by Gasteiger charge is -2.31. The smallest absolute Gasteiger partial charge is 0.320 e. The van der Waals surface area contributed by atoms with Crippen molar-refractivity contribution < 1.29 is 28.7 Å². The van der Waals surface area contributed by atoms with Crippen LogP contribution in [-0.2, 0) is 19.1 Å². The van der Waals surface area contributed by atoms with Crippen molar-refractivity contribution in [1.82, 2.24) is 0 Å². The van der Waals surface area contributed by atoms with Crippen LogP contribution < -0.4 is 4.74 Å². The number of carbonyl (C=O) groups excluding carboxylic acids is 2. The average molecular weight is 323 g/mol. The summed E-state index contributed by atoms with van der Waals surface area (Å²) in [5.74, 6) is -3.78. The monoisotopic (exact) mass is 323 g/mol. The van der Waals surface area contributed by atoms with Gasteiger partial charge in [0.15, 0.2) is 12.5 Å². The van der Waals surface area contributed by atoms with Crippen LogP contribution in [0.25, 0.3) is 0 Å². The van der Waals surface area contributed by atoms with E-state index in [1.165, 1.54) is 0 Å². The first-order valence-corrected chi connectivity index (χ1v) is 6.93. The Morgan fingerprint density at radius 1 is 1.30 bits per heavy atom. The molecule has 1 aliphatic heterocycles. The molecule has 2 unspecified atom stereocenters. The first-order valence-electron chi connectivity index (χ1n) is 6.93. The van der Waals surface area contributed by atoms with Crippen LogP contribution in [0.15, 0.2) is 18.2 Å². The molecule has 1 heterocycles. The summed E-state index contributed by atoms with van der Waals surface area (Å²) >= 11 is 0. The van der Waals surface area contributed by atoms with E-state index in [2.05, 4.69) is 9.47 Å². The Labute approximate surface area is 132 Å². The van der Waals surface area contributed by atoms with Crippen LogP contribution in [-0.4, -0.2) is 43.7 Å². The summed E-state index contributed by atoms with van der Waals surface area (Å²) < 4.78 is 14.7. The molecular weight excluding hydrogens is 306 g/mol. The number of ether oxygens (including phenoxy) is 3. The molecule has 0 fully saturated rings. The molecule has 0 bridgehead atoms. The summed E-state index contributed by atoms with van der Waals surface area (Å²) in [6.07, 6.45) is 0. The highest BCUT2D eigenvalue weighted by Gasteiger charge is 2.50. The predicted octanol–water partition coefficient (Wildman–Crippen LogP) is 1.08. The molecule has 2 atom stereocenters. The van der Waals surface area contributed by atoms with Crippen LogP contribution in [0.4, 0.5) is 0 Å². The lowest BCUT2D eigenvalue weighted by molar-refractivity contribution is -0.531. The maximum atomic E-state index is 12.1. The molecule has 1 aliphatic rings. The third kappa shape index (κ3) is 3.10. The molecule has 2 rings (SSSR count). The second-order valence-electron chi connectivity index (χ2n) is 5.25. The summed E-state index contributed by atoms with van der Waals surface area (Å²) in [7, 11) is 2.24. The van der Waals surface area contributed by atoms with Crippen molar-refractivity contribution in [2.45, 2.75) is 18.9 Å². The standard InChI is InChI=1S/C15H17NO7/c1-8-4-5-11-9(6-8)12(10(7-23-11)16(19)20)13(14(17)21-2)15(18)22-3/h4-6,10,12-13H,7H2,1-3H3. The van der Waals surface area contributed by atoms with E-state index in [-0.39, 0.29) is 6.61 Å². The summed E-state index contributed by atoms with van der Waals surface area (Å²) in [6, 6.07) is 3.87. The number of hydrogen-bond acceptors (Lipinski definition) is 7. The van der Waals surface area contributed by atoms with Crippen LogP contribution in [0.1, 0.15) is 17.0 Å². The molecule has 0 saturated carbocycles. The lowest BCUT2D eigenvalue weighted by Crippen LogP contribution is -2.46. The lowest BCUT2D eigenvalue weighted by atomic mass is 9.78. The molecule has 124 valence electrons. The molecule has 0 amide bonds. The van der Waals surface area contributed by atoms with Gasteiger partial charge in [0, 0.05) is 10.5 Å². The van der Waals surface area contributed by atoms with Crippen LogP contribution in [0, 0.1) is 23.0 Å². The van der Waals surface area contributed by atoms with Gasteiger partial charge in [0.25, 0.3) is 6.04 Å². The van der Waals surface area contributed by atoms with Crippen molar-refractivity contribution in [3.05, 3.63) is 39.4 Å². The minimum atomic E-state index is -1.43. The van der Waals surface area contributed by atoms with Gasteiger partial charge < -0.3 is 14.2 Å².